The molecule has 1 aliphatic carbocycles. The fourth-order valence-corrected chi connectivity index (χ4v) is 4.14. The molecular formula is C13H13F3N2O3S. The zero-order valence-electron chi connectivity index (χ0n) is 11.3. The summed E-state index contributed by atoms with van der Waals surface area (Å²) in [6, 6.07) is -0.962. The molecule has 1 N–H and O–H groups in total. The first kappa shape index (κ1) is 15.3. The number of aliphatic carboxylic acids is 1. The lowest BCUT2D eigenvalue weighted by Crippen LogP contribution is -2.43. The summed E-state index contributed by atoms with van der Waals surface area (Å²) in [7, 11) is 0. The largest absolute Gasteiger partial charge is 0.480 e. The highest BCUT2D eigenvalue weighted by atomic mass is 32.1. The van der Waals surface area contributed by atoms with Gasteiger partial charge in [-0.2, -0.15) is 13.2 Å². The number of carbonyl (C=O) groups excluding carboxylic acids is 1. The second-order valence-corrected chi connectivity index (χ2v) is 6.49. The van der Waals surface area contributed by atoms with Crippen LogP contribution in [0.15, 0.2) is 5.38 Å². The summed E-state index contributed by atoms with van der Waals surface area (Å²) in [6.45, 7) is 0.277. The van der Waals surface area contributed by atoms with Gasteiger partial charge >= 0.3 is 12.1 Å². The molecule has 1 aliphatic heterocycles. The molecule has 1 aromatic heterocycles. The first-order valence-electron chi connectivity index (χ1n) is 6.85. The minimum absolute atomic E-state index is 0.109. The summed E-state index contributed by atoms with van der Waals surface area (Å²) in [5.41, 5.74) is -0.330. The number of hydrogen-bond donors (Lipinski definition) is 1. The third-order valence-electron chi connectivity index (χ3n) is 4.37. The van der Waals surface area contributed by atoms with Crippen molar-refractivity contribution in [1.29, 1.82) is 0 Å². The van der Waals surface area contributed by atoms with Crippen LogP contribution in [0.2, 0.25) is 0 Å². The van der Waals surface area contributed by atoms with Gasteiger partial charge in [-0.3, -0.25) is 4.79 Å². The Labute approximate surface area is 127 Å². The monoisotopic (exact) mass is 334 g/mol. The van der Waals surface area contributed by atoms with Crippen LogP contribution in [0.4, 0.5) is 13.2 Å². The van der Waals surface area contributed by atoms with E-state index in [0.29, 0.717) is 11.3 Å². The van der Waals surface area contributed by atoms with Crippen molar-refractivity contribution in [1.82, 2.24) is 9.88 Å². The predicted molar refractivity (Wildman–Crippen MR) is 70.4 cm³/mol. The second kappa shape index (κ2) is 5.22. The van der Waals surface area contributed by atoms with E-state index in [1.54, 1.807) is 0 Å². The average Bonchev–Trinajstić information content (AvgIpc) is 3.11. The number of halogens is 3. The predicted octanol–water partition coefficient (Wildman–Crippen LogP) is 2.49. The van der Waals surface area contributed by atoms with E-state index in [0.717, 1.165) is 24.6 Å². The van der Waals surface area contributed by atoms with E-state index in [1.807, 2.05) is 0 Å². The minimum atomic E-state index is -4.60. The summed E-state index contributed by atoms with van der Waals surface area (Å²) in [6.07, 6.45) is -2.09. The van der Waals surface area contributed by atoms with Crippen molar-refractivity contribution in [2.45, 2.75) is 31.5 Å². The number of carboxylic acid groups (broad SMARTS) is 1. The molecule has 1 saturated heterocycles. The van der Waals surface area contributed by atoms with Crippen LogP contribution in [0.1, 0.15) is 34.8 Å². The highest BCUT2D eigenvalue weighted by Crippen LogP contribution is 2.43. The van der Waals surface area contributed by atoms with Crippen molar-refractivity contribution in [3.05, 3.63) is 16.1 Å². The molecule has 2 fully saturated rings. The third kappa shape index (κ3) is 2.47. The number of alkyl halides is 3. The molecule has 0 aromatic carbocycles. The van der Waals surface area contributed by atoms with Gasteiger partial charge in [0.05, 0.1) is 0 Å². The van der Waals surface area contributed by atoms with Gasteiger partial charge in [0.1, 0.15) is 11.7 Å². The van der Waals surface area contributed by atoms with Gasteiger partial charge in [-0.15, -0.1) is 11.3 Å². The summed E-state index contributed by atoms with van der Waals surface area (Å²) in [5.74, 6) is -1.82. The summed E-state index contributed by atoms with van der Waals surface area (Å²) in [5, 5.41) is 9.31. The molecule has 0 spiro atoms. The zero-order chi connectivity index (χ0) is 16.1. The second-order valence-electron chi connectivity index (χ2n) is 5.63. The smallest absolute Gasteiger partial charge is 0.443 e. The fourth-order valence-electron chi connectivity index (χ4n) is 3.48. The zero-order valence-corrected chi connectivity index (χ0v) is 12.2. The molecule has 1 saturated carbocycles. The Morgan fingerprint density at radius 3 is 2.68 bits per heavy atom. The number of hydrogen-bond acceptors (Lipinski definition) is 4. The maximum Gasteiger partial charge on any atom is 0.443 e. The molecule has 3 atom stereocenters. The number of nitrogens with zero attached hydrogens (tertiary/aromatic N) is 2. The lowest BCUT2D eigenvalue weighted by molar-refractivity contribution is -0.143. The van der Waals surface area contributed by atoms with E-state index < -0.39 is 29.1 Å². The molecule has 22 heavy (non-hydrogen) atoms. The van der Waals surface area contributed by atoms with E-state index in [2.05, 4.69) is 4.98 Å². The van der Waals surface area contributed by atoms with Crippen molar-refractivity contribution >= 4 is 23.2 Å². The van der Waals surface area contributed by atoms with Crippen LogP contribution in [0, 0.1) is 11.8 Å². The standard InChI is InChI=1S/C13H13F3N2O3S/c14-13(15,16)12-17-8(5-22-12)10(19)18-4-6-2-1-3-7(6)9(18)11(20)21/h5-7,9H,1-4H2,(H,20,21). The number of thiazole rings is 1. The SMILES string of the molecule is O=C(O)C1C2CCCC2CN1C(=O)c1csc(C(F)(F)F)n1. The van der Waals surface area contributed by atoms with E-state index >= 15 is 0 Å². The van der Waals surface area contributed by atoms with Gasteiger partial charge in [0, 0.05) is 11.9 Å². The Morgan fingerprint density at radius 2 is 2.09 bits per heavy atom. The molecule has 5 nitrogen and oxygen atoms in total. The van der Waals surface area contributed by atoms with Crippen LogP contribution in [0.5, 0.6) is 0 Å². The third-order valence-corrected chi connectivity index (χ3v) is 5.26. The van der Waals surface area contributed by atoms with Gasteiger partial charge < -0.3 is 10.0 Å². The van der Waals surface area contributed by atoms with Crippen LogP contribution < -0.4 is 0 Å². The summed E-state index contributed by atoms with van der Waals surface area (Å²) in [4.78, 5) is 28.3. The molecule has 2 heterocycles. The van der Waals surface area contributed by atoms with Gasteiger partial charge in [-0.05, 0) is 24.7 Å². The minimum Gasteiger partial charge on any atom is -0.480 e. The molecular weight excluding hydrogens is 321 g/mol. The van der Waals surface area contributed by atoms with Crippen LogP contribution in [-0.4, -0.2) is 39.5 Å². The Kier molecular flexibility index (Phi) is 3.62. The van der Waals surface area contributed by atoms with E-state index in [1.165, 1.54) is 4.90 Å². The summed E-state index contributed by atoms with van der Waals surface area (Å²) >= 11 is 0.344. The number of aromatic nitrogens is 1. The van der Waals surface area contributed by atoms with Crippen molar-refractivity contribution < 1.29 is 27.9 Å². The van der Waals surface area contributed by atoms with Gasteiger partial charge in [0.15, 0.2) is 5.01 Å². The van der Waals surface area contributed by atoms with Crippen LogP contribution in [0.25, 0.3) is 0 Å². The maximum absolute atomic E-state index is 12.6. The van der Waals surface area contributed by atoms with Crippen molar-refractivity contribution in [2.24, 2.45) is 11.8 Å². The van der Waals surface area contributed by atoms with Crippen LogP contribution in [0.3, 0.4) is 0 Å². The number of carbonyl (C=O) groups is 2. The normalized spacial score (nSPS) is 28.0. The average molecular weight is 334 g/mol. The maximum atomic E-state index is 12.6. The van der Waals surface area contributed by atoms with Crippen LogP contribution >= 0.6 is 11.3 Å². The number of fused-ring (bicyclic) bond motifs is 1. The van der Waals surface area contributed by atoms with Gasteiger partial charge in [0.2, 0.25) is 0 Å². The fraction of sp³-hybridized carbons (Fsp3) is 0.615. The lowest BCUT2D eigenvalue weighted by atomic mass is 9.94. The van der Waals surface area contributed by atoms with E-state index in [4.69, 9.17) is 0 Å². The molecule has 3 unspecified atom stereocenters. The highest BCUT2D eigenvalue weighted by Gasteiger charge is 2.50. The molecule has 0 bridgehead atoms. The number of rotatable bonds is 2. The molecule has 0 radical (unpaired) electrons. The van der Waals surface area contributed by atoms with Gasteiger partial charge in [0.25, 0.3) is 5.91 Å². The quantitative estimate of drug-likeness (QED) is 0.902. The van der Waals surface area contributed by atoms with Crippen molar-refractivity contribution in [3.8, 4) is 0 Å². The molecule has 120 valence electrons. The molecule has 1 aromatic rings. The van der Waals surface area contributed by atoms with Crippen molar-refractivity contribution in [2.75, 3.05) is 6.54 Å². The molecule has 2 aliphatic rings. The van der Waals surface area contributed by atoms with Gasteiger partial charge in [-0.25, -0.2) is 9.78 Å². The van der Waals surface area contributed by atoms with Crippen LogP contribution in [-0.2, 0) is 11.0 Å². The number of amides is 1. The Bertz CT molecular complexity index is 616. The topological polar surface area (TPSA) is 70.5 Å². The Morgan fingerprint density at radius 1 is 1.36 bits per heavy atom. The summed E-state index contributed by atoms with van der Waals surface area (Å²) < 4.78 is 37.7. The van der Waals surface area contributed by atoms with E-state index in [9.17, 15) is 27.9 Å². The lowest BCUT2D eigenvalue weighted by Gasteiger charge is -2.23. The molecule has 1 amide bonds. The molecule has 9 heteroatoms. The van der Waals surface area contributed by atoms with Gasteiger partial charge in [-0.1, -0.05) is 6.42 Å². The Hall–Kier alpha value is -1.64. The first-order chi connectivity index (χ1) is 10.3. The molecule has 3 rings (SSSR count). The number of likely N-dealkylation sites (tertiary alicyclic amines) is 1. The van der Waals surface area contributed by atoms with Crippen molar-refractivity contribution in [3.63, 3.8) is 0 Å². The Balaban J connectivity index is 1.85. The van der Waals surface area contributed by atoms with E-state index in [-0.39, 0.29) is 24.1 Å². The highest BCUT2D eigenvalue weighted by molar-refractivity contribution is 7.09. The first-order valence-corrected chi connectivity index (χ1v) is 7.73. The number of carboxylic acids is 1.